The van der Waals surface area contributed by atoms with Gasteiger partial charge in [-0.1, -0.05) is 0 Å². The number of ether oxygens (including phenoxy) is 1. The van der Waals surface area contributed by atoms with Crippen molar-refractivity contribution in [3.8, 4) is 5.69 Å². The minimum Gasteiger partial charge on any atom is -0.378 e. The van der Waals surface area contributed by atoms with Gasteiger partial charge < -0.3 is 9.64 Å². The van der Waals surface area contributed by atoms with Crippen LogP contribution in [0, 0.1) is 6.92 Å². The van der Waals surface area contributed by atoms with Crippen molar-refractivity contribution in [3.05, 3.63) is 60.3 Å². The molecular formula is C19H22N6O3S. The summed E-state index contributed by atoms with van der Waals surface area (Å²) in [6, 6.07) is 10.2. The summed E-state index contributed by atoms with van der Waals surface area (Å²) in [5.74, 6) is 1.22. The van der Waals surface area contributed by atoms with Crippen LogP contribution in [0.2, 0.25) is 0 Å². The van der Waals surface area contributed by atoms with Gasteiger partial charge in [0, 0.05) is 37.2 Å². The molecule has 0 bridgehead atoms. The van der Waals surface area contributed by atoms with Crippen molar-refractivity contribution in [2.75, 3.05) is 31.2 Å². The third-order valence-electron chi connectivity index (χ3n) is 4.56. The van der Waals surface area contributed by atoms with E-state index in [4.69, 9.17) is 4.74 Å². The molecule has 0 saturated carbocycles. The van der Waals surface area contributed by atoms with Crippen molar-refractivity contribution >= 4 is 15.8 Å². The van der Waals surface area contributed by atoms with Crippen LogP contribution < -0.4 is 9.62 Å². The second kappa shape index (κ2) is 8.27. The van der Waals surface area contributed by atoms with Gasteiger partial charge in [-0.2, -0.15) is 5.10 Å². The van der Waals surface area contributed by atoms with Gasteiger partial charge in [-0.3, -0.25) is 0 Å². The number of anilines is 1. The summed E-state index contributed by atoms with van der Waals surface area (Å²) in [5, 5.41) is 4.13. The summed E-state index contributed by atoms with van der Waals surface area (Å²) < 4.78 is 34.9. The largest absolute Gasteiger partial charge is 0.378 e. The zero-order valence-corrected chi connectivity index (χ0v) is 16.8. The molecule has 0 unspecified atom stereocenters. The molecule has 3 heterocycles. The van der Waals surface area contributed by atoms with E-state index in [9.17, 15) is 8.42 Å². The molecule has 1 aliphatic heterocycles. The summed E-state index contributed by atoms with van der Waals surface area (Å²) in [4.78, 5) is 11.2. The summed E-state index contributed by atoms with van der Waals surface area (Å²) in [7, 11) is -3.69. The number of benzene rings is 1. The molecule has 4 rings (SSSR count). The predicted molar refractivity (Wildman–Crippen MR) is 107 cm³/mol. The number of sulfonamides is 1. The van der Waals surface area contributed by atoms with Gasteiger partial charge in [0.2, 0.25) is 10.0 Å². The van der Waals surface area contributed by atoms with Crippen LogP contribution in [0.3, 0.4) is 0 Å². The van der Waals surface area contributed by atoms with Crippen molar-refractivity contribution in [1.29, 1.82) is 0 Å². The van der Waals surface area contributed by atoms with Crippen molar-refractivity contribution in [2.45, 2.75) is 18.4 Å². The Morgan fingerprint density at radius 1 is 1.14 bits per heavy atom. The van der Waals surface area contributed by atoms with E-state index >= 15 is 0 Å². The second-order valence-electron chi connectivity index (χ2n) is 6.65. The highest BCUT2D eigenvalue weighted by Gasteiger charge is 2.17. The molecule has 0 atom stereocenters. The quantitative estimate of drug-likeness (QED) is 0.648. The number of morpholine rings is 1. The first-order valence-electron chi connectivity index (χ1n) is 9.28. The molecule has 1 aromatic carbocycles. The van der Waals surface area contributed by atoms with E-state index in [1.54, 1.807) is 47.4 Å². The molecule has 2 aromatic heterocycles. The molecule has 152 valence electrons. The highest BCUT2D eigenvalue weighted by Crippen LogP contribution is 2.16. The SMILES string of the molecule is Cc1cc(N2CCOCC2)nc(CNS(=O)(=O)c2ccc(-n3cccn3)cc2)n1. The van der Waals surface area contributed by atoms with Crippen LogP contribution in [0.1, 0.15) is 11.5 Å². The van der Waals surface area contributed by atoms with Gasteiger partial charge in [0.1, 0.15) is 11.6 Å². The molecule has 0 amide bonds. The number of hydrogen-bond donors (Lipinski definition) is 1. The number of rotatable bonds is 6. The standard InChI is InChI=1S/C19H22N6O3S/c1-15-13-19(24-9-11-28-12-10-24)23-18(22-15)14-21-29(26,27)17-5-3-16(4-6-17)25-8-2-7-20-25/h2-8,13,21H,9-12,14H2,1H3. The summed E-state index contributed by atoms with van der Waals surface area (Å²) in [6.45, 7) is 4.70. The highest BCUT2D eigenvalue weighted by atomic mass is 32.2. The number of nitrogens with one attached hydrogen (secondary N) is 1. The normalized spacial score (nSPS) is 14.9. The Bertz CT molecular complexity index is 1060. The van der Waals surface area contributed by atoms with Gasteiger partial charge in [-0.15, -0.1) is 0 Å². The minimum atomic E-state index is -3.69. The van der Waals surface area contributed by atoms with Crippen LogP contribution in [-0.2, 0) is 21.3 Å². The molecule has 1 N–H and O–H groups in total. The van der Waals surface area contributed by atoms with E-state index in [1.165, 1.54) is 0 Å². The molecule has 3 aromatic rings. The van der Waals surface area contributed by atoms with Crippen LogP contribution in [0.5, 0.6) is 0 Å². The highest BCUT2D eigenvalue weighted by molar-refractivity contribution is 7.89. The zero-order chi connectivity index (χ0) is 20.3. The van der Waals surface area contributed by atoms with E-state index in [1.807, 2.05) is 13.0 Å². The fraction of sp³-hybridized carbons (Fsp3) is 0.316. The monoisotopic (exact) mass is 414 g/mol. The summed E-state index contributed by atoms with van der Waals surface area (Å²) in [6.07, 6.45) is 3.46. The maximum absolute atomic E-state index is 12.7. The third kappa shape index (κ3) is 4.61. The molecule has 0 radical (unpaired) electrons. The number of nitrogens with zero attached hydrogens (tertiary/aromatic N) is 5. The maximum atomic E-state index is 12.7. The van der Waals surface area contributed by atoms with Gasteiger partial charge in [0.05, 0.1) is 30.3 Å². The van der Waals surface area contributed by atoms with E-state index in [0.29, 0.717) is 19.0 Å². The van der Waals surface area contributed by atoms with E-state index in [-0.39, 0.29) is 11.4 Å². The van der Waals surface area contributed by atoms with Gasteiger partial charge in [-0.25, -0.2) is 27.8 Å². The van der Waals surface area contributed by atoms with Crippen LogP contribution in [0.4, 0.5) is 5.82 Å². The fourth-order valence-corrected chi connectivity index (χ4v) is 4.07. The maximum Gasteiger partial charge on any atom is 0.240 e. The van der Waals surface area contributed by atoms with Gasteiger partial charge in [0.25, 0.3) is 0 Å². The van der Waals surface area contributed by atoms with E-state index < -0.39 is 10.0 Å². The lowest BCUT2D eigenvalue weighted by molar-refractivity contribution is 0.122. The lowest BCUT2D eigenvalue weighted by atomic mass is 10.3. The smallest absolute Gasteiger partial charge is 0.240 e. The van der Waals surface area contributed by atoms with Gasteiger partial charge >= 0.3 is 0 Å². The van der Waals surface area contributed by atoms with Crippen LogP contribution in [0.15, 0.2) is 53.7 Å². The lowest BCUT2D eigenvalue weighted by Crippen LogP contribution is -2.37. The molecule has 9 nitrogen and oxygen atoms in total. The Labute approximate surface area is 169 Å². The van der Waals surface area contributed by atoms with E-state index in [0.717, 1.165) is 30.3 Å². The number of hydrogen-bond acceptors (Lipinski definition) is 7. The molecule has 0 aliphatic carbocycles. The van der Waals surface area contributed by atoms with E-state index in [2.05, 4.69) is 24.7 Å². The number of aryl methyl sites for hydroxylation is 1. The predicted octanol–water partition coefficient (Wildman–Crippen LogP) is 1.29. The van der Waals surface area contributed by atoms with Gasteiger partial charge in [-0.05, 0) is 37.3 Å². The van der Waals surface area contributed by atoms with Crippen LogP contribution in [0.25, 0.3) is 5.69 Å². The average molecular weight is 414 g/mol. The van der Waals surface area contributed by atoms with Crippen molar-refractivity contribution in [1.82, 2.24) is 24.5 Å². The molecule has 29 heavy (non-hydrogen) atoms. The Hall–Kier alpha value is -2.82. The molecule has 1 saturated heterocycles. The zero-order valence-electron chi connectivity index (χ0n) is 16.0. The van der Waals surface area contributed by atoms with Crippen molar-refractivity contribution in [2.24, 2.45) is 0 Å². The molecule has 1 fully saturated rings. The topological polar surface area (TPSA) is 102 Å². The Balaban J connectivity index is 1.47. The van der Waals surface area contributed by atoms with Gasteiger partial charge in [0.15, 0.2) is 0 Å². The first-order chi connectivity index (χ1) is 14.0. The molecule has 10 heteroatoms. The van der Waals surface area contributed by atoms with Crippen molar-refractivity contribution < 1.29 is 13.2 Å². The Morgan fingerprint density at radius 2 is 1.90 bits per heavy atom. The lowest BCUT2D eigenvalue weighted by Gasteiger charge is -2.28. The Morgan fingerprint density at radius 3 is 2.59 bits per heavy atom. The minimum absolute atomic E-state index is 0.0161. The Kier molecular flexibility index (Phi) is 5.56. The van der Waals surface area contributed by atoms with Crippen LogP contribution >= 0.6 is 0 Å². The molecule has 1 aliphatic rings. The molecular weight excluding hydrogens is 392 g/mol. The first kappa shape index (κ1) is 19.5. The fourth-order valence-electron chi connectivity index (χ4n) is 3.09. The summed E-state index contributed by atoms with van der Waals surface area (Å²) >= 11 is 0. The molecule has 0 spiro atoms. The average Bonchev–Trinajstić information content (AvgIpc) is 3.28. The van der Waals surface area contributed by atoms with Crippen LogP contribution in [-0.4, -0.2) is 54.5 Å². The third-order valence-corrected chi connectivity index (χ3v) is 5.98. The number of aromatic nitrogens is 4. The summed E-state index contributed by atoms with van der Waals surface area (Å²) in [5.41, 5.74) is 1.57. The first-order valence-corrected chi connectivity index (χ1v) is 10.8. The van der Waals surface area contributed by atoms with Crippen molar-refractivity contribution in [3.63, 3.8) is 0 Å². The second-order valence-corrected chi connectivity index (χ2v) is 8.42.